The molecule has 0 spiro atoms. The van der Waals surface area contributed by atoms with E-state index in [1.54, 1.807) is 23.0 Å². The average Bonchev–Trinajstić information content (AvgIpc) is 3.16. The molecule has 1 aromatic heterocycles. The van der Waals surface area contributed by atoms with E-state index in [2.05, 4.69) is 20.9 Å². The van der Waals surface area contributed by atoms with Crippen molar-refractivity contribution in [3.05, 3.63) is 77.6 Å². The number of hydrogen-bond donors (Lipinski definition) is 3. The van der Waals surface area contributed by atoms with E-state index in [1.165, 1.54) is 12.1 Å². The highest BCUT2D eigenvalue weighted by atomic mass is 16.4. The zero-order chi connectivity index (χ0) is 19.9. The second kappa shape index (κ2) is 8.58. The first kappa shape index (κ1) is 18.8. The summed E-state index contributed by atoms with van der Waals surface area (Å²) >= 11 is 0. The number of aromatic nitrogens is 3. The molecule has 142 valence electrons. The molecule has 3 rings (SSSR count). The molecule has 0 aliphatic carbocycles. The highest BCUT2D eigenvalue weighted by molar-refractivity contribution is 6.03. The van der Waals surface area contributed by atoms with Gasteiger partial charge < -0.3 is 15.7 Å². The number of carboxylic acid groups (broad SMARTS) is 1. The zero-order valence-electron chi connectivity index (χ0n) is 14.7. The molecule has 3 N–H and O–H groups in total. The van der Waals surface area contributed by atoms with Crippen LogP contribution >= 0.6 is 0 Å². The van der Waals surface area contributed by atoms with E-state index in [0.717, 1.165) is 5.56 Å². The van der Waals surface area contributed by atoms with Crippen molar-refractivity contribution in [1.82, 2.24) is 20.3 Å². The lowest BCUT2D eigenvalue weighted by Crippen LogP contribution is -2.29. The van der Waals surface area contributed by atoms with Gasteiger partial charge in [-0.05, 0) is 29.8 Å². The summed E-state index contributed by atoms with van der Waals surface area (Å²) in [5, 5.41) is 21.3. The molecular weight excluding hydrogens is 362 g/mol. The van der Waals surface area contributed by atoms with Gasteiger partial charge in [0.25, 0.3) is 11.8 Å². The minimum Gasteiger partial charge on any atom is -0.480 e. The monoisotopic (exact) mass is 379 g/mol. The molecule has 28 heavy (non-hydrogen) atoms. The van der Waals surface area contributed by atoms with Gasteiger partial charge in [-0.2, -0.15) is 0 Å². The molecule has 9 nitrogen and oxygen atoms in total. The third kappa shape index (κ3) is 5.01. The van der Waals surface area contributed by atoms with Crippen molar-refractivity contribution in [2.75, 3.05) is 11.9 Å². The molecule has 1 heterocycles. The summed E-state index contributed by atoms with van der Waals surface area (Å²) in [7, 11) is 0. The number of aliphatic carboxylic acids is 1. The van der Waals surface area contributed by atoms with Crippen LogP contribution in [0.15, 0.2) is 60.8 Å². The predicted octanol–water partition coefficient (Wildman–Crippen LogP) is 1.39. The Bertz CT molecular complexity index is 983. The quantitative estimate of drug-likeness (QED) is 0.569. The highest BCUT2D eigenvalue weighted by Gasteiger charge is 2.12. The largest absolute Gasteiger partial charge is 0.480 e. The summed E-state index contributed by atoms with van der Waals surface area (Å²) in [6.45, 7) is 0.0389. The molecular formula is C19H17N5O4. The number of hydrogen-bond acceptors (Lipinski definition) is 5. The number of rotatable bonds is 7. The Labute approximate surface area is 160 Å². The fraction of sp³-hybridized carbons (Fsp3) is 0.105. The number of amides is 2. The lowest BCUT2D eigenvalue weighted by atomic mass is 10.2. The van der Waals surface area contributed by atoms with Crippen LogP contribution in [0.3, 0.4) is 0 Å². The Hall–Kier alpha value is -4.01. The van der Waals surface area contributed by atoms with Gasteiger partial charge in [0.05, 0.1) is 12.7 Å². The Morgan fingerprint density at radius 3 is 2.36 bits per heavy atom. The van der Waals surface area contributed by atoms with Crippen LogP contribution in [0.5, 0.6) is 0 Å². The van der Waals surface area contributed by atoms with Gasteiger partial charge in [0.2, 0.25) is 0 Å². The zero-order valence-corrected chi connectivity index (χ0v) is 14.7. The minimum absolute atomic E-state index is 0.166. The van der Waals surface area contributed by atoms with Gasteiger partial charge in [-0.15, -0.1) is 5.10 Å². The third-order valence-electron chi connectivity index (χ3n) is 3.76. The minimum atomic E-state index is -1.13. The molecule has 0 saturated carbocycles. The van der Waals surface area contributed by atoms with Crippen LogP contribution in [0.2, 0.25) is 0 Å². The van der Waals surface area contributed by atoms with Gasteiger partial charge in [-0.1, -0.05) is 35.5 Å². The Morgan fingerprint density at radius 2 is 1.68 bits per heavy atom. The molecule has 3 aromatic rings. The summed E-state index contributed by atoms with van der Waals surface area (Å²) in [4.78, 5) is 34.6. The molecule has 0 bridgehead atoms. The lowest BCUT2D eigenvalue weighted by molar-refractivity contribution is -0.135. The molecule has 9 heteroatoms. The van der Waals surface area contributed by atoms with Crippen LogP contribution in [0.25, 0.3) is 0 Å². The van der Waals surface area contributed by atoms with E-state index >= 15 is 0 Å². The van der Waals surface area contributed by atoms with Gasteiger partial charge in [-0.25, -0.2) is 4.68 Å². The fourth-order valence-corrected chi connectivity index (χ4v) is 2.41. The number of benzene rings is 2. The van der Waals surface area contributed by atoms with E-state index in [4.69, 9.17) is 5.11 Å². The number of carboxylic acids is 1. The molecule has 0 aliphatic heterocycles. The first-order valence-electron chi connectivity index (χ1n) is 8.37. The second-order valence-electron chi connectivity index (χ2n) is 5.89. The number of nitrogens with one attached hydrogen (secondary N) is 2. The maximum Gasteiger partial charge on any atom is 0.322 e. The summed E-state index contributed by atoms with van der Waals surface area (Å²) < 4.78 is 1.57. The number of nitrogens with zero attached hydrogens (tertiary/aromatic N) is 3. The van der Waals surface area contributed by atoms with Crippen LogP contribution in [0, 0.1) is 0 Å². The van der Waals surface area contributed by atoms with Crippen molar-refractivity contribution in [3.63, 3.8) is 0 Å². The third-order valence-corrected chi connectivity index (χ3v) is 3.76. The molecule has 0 unspecified atom stereocenters. The van der Waals surface area contributed by atoms with Gasteiger partial charge in [-0.3, -0.25) is 14.4 Å². The van der Waals surface area contributed by atoms with Gasteiger partial charge in [0.15, 0.2) is 5.69 Å². The van der Waals surface area contributed by atoms with E-state index in [1.807, 2.05) is 30.3 Å². The maximum atomic E-state index is 12.3. The summed E-state index contributed by atoms with van der Waals surface area (Å²) in [6.07, 6.45) is 1.55. The van der Waals surface area contributed by atoms with Crippen molar-refractivity contribution >= 4 is 23.5 Å². The highest BCUT2D eigenvalue weighted by Crippen LogP contribution is 2.11. The molecule has 0 aliphatic rings. The predicted molar refractivity (Wildman–Crippen MR) is 99.9 cm³/mol. The van der Waals surface area contributed by atoms with Crippen molar-refractivity contribution in [2.24, 2.45) is 0 Å². The second-order valence-corrected chi connectivity index (χ2v) is 5.89. The SMILES string of the molecule is O=C(O)CNC(=O)c1ccc(NC(=O)c2cn(Cc3ccccc3)nn2)cc1. The lowest BCUT2D eigenvalue weighted by Gasteiger charge is -2.05. The maximum absolute atomic E-state index is 12.3. The summed E-state index contributed by atoms with van der Waals surface area (Å²) in [6, 6.07) is 15.7. The van der Waals surface area contributed by atoms with Crippen LogP contribution < -0.4 is 10.6 Å². The first-order valence-corrected chi connectivity index (χ1v) is 8.37. The van der Waals surface area contributed by atoms with Crippen LogP contribution in [-0.2, 0) is 11.3 Å². The van der Waals surface area contributed by atoms with Crippen molar-refractivity contribution in [1.29, 1.82) is 0 Å². The Kier molecular flexibility index (Phi) is 5.75. The van der Waals surface area contributed by atoms with Crippen molar-refractivity contribution in [2.45, 2.75) is 6.54 Å². The smallest absolute Gasteiger partial charge is 0.322 e. The standard InChI is InChI=1S/C19H17N5O4/c25-17(26)10-20-18(27)14-6-8-15(9-7-14)21-19(28)16-12-24(23-22-16)11-13-4-2-1-3-5-13/h1-9,12H,10-11H2,(H,20,27)(H,21,28)(H,25,26). The van der Waals surface area contributed by atoms with Crippen molar-refractivity contribution < 1.29 is 19.5 Å². The van der Waals surface area contributed by atoms with Crippen LogP contribution in [-0.4, -0.2) is 44.4 Å². The molecule has 0 atom stereocenters. The average molecular weight is 379 g/mol. The Morgan fingerprint density at radius 1 is 0.964 bits per heavy atom. The molecule has 2 aromatic carbocycles. The Balaban J connectivity index is 1.59. The van der Waals surface area contributed by atoms with E-state index in [-0.39, 0.29) is 11.3 Å². The summed E-state index contributed by atoms with van der Waals surface area (Å²) in [5.41, 5.74) is 1.96. The van der Waals surface area contributed by atoms with Gasteiger partial charge in [0, 0.05) is 11.3 Å². The molecule has 0 saturated heterocycles. The number of anilines is 1. The van der Waals surface area contributed by atoms with Crippen LogP contribution in [0.1, 0.15) is 26.4 Å². The first-order chi connectivity index (χ1) is 13.5. The van der Waals surface area contributed by atoms with Gasteiger partial charge in [0.1, 0.15) is 6.54 Å². The molecule has 0 fully saturated rings. The molecule has 2 amide bonds. The number of carbonyl (C=O) groups excluding carboxylic acids is 2. The molecule has 0 radical (unpaired) electrons. The fourth-order valence-electron chi connectivity index (χ4n) is 2.41. The van der Waals surface area contributed by atoms with E-state index in [0.29, 0.717) is 12.2 Å². The van der Waals surface area contributed by atoms with E-state index < -0.39 is 24.3 Å². The van der Waals surface area contributed by atoms with Crippen LogP contribution in [0.4, 0.5) is 5.69 Å². The summed E-state index contributed by atoms with van der Waals surface area (Å²) in [5.74, 6) is -2.07. The normalized spacial score (nSPS) is 10.3. The topological polar surface area (TPSA) is 126 Å². The van der Waals surface area contributed by atoms with Gasteiger partial charge >= 0.3 is 5.97 Å². The van der Waals surface area contributed by atoms with E-state index in [9.17, 15) is 14.4 Å². The number of carbonyl (C=O) groups is 3. The van der Waals surface area contributed by atoms with Crippen molar-refractivity contribution in [3.8, 4) is 0 Å².